The lowest BCUT2D eigenvalue weighted by Crippen LogP contribution is -2.60. The number of hydrogen-bond acceptors (Lipinski definition) is 8. The summed E-state index contributed by atoms with van der Waals surface area (Å²) < 4.78 is 11.3. The number of ether oxygens (including phenoxy) is 2. The van der Waals surface area contributed by atoms with Crippen LogP contribution in [0.2, 0.25) is 0 Å². The number of carbonyl (C=O) groups excluding carboxylic acids is 1. The van der Waals surface area contributed by atoms with Gasteiger partial charge in [-0.3, -0.25) is 4.79 Å². The van der Waals surface area contributed by atoms with Gasteiger partial charge in [-0.15, -0.1) is 0 Å². The Hall–Kier alpha value is -2.37. The highest BCUT2D eigenvalue weighted by Crippen LogP contribution is 2.23. The van der Waals surface area contributed by atoms with Crippen molar-refractivity contribution in [3.05, 3.63) is 72.9 Å². The van der Waals surface area contributed by atoms with E-state index in [0.717, 1.165) is 77.0 Å². The number of aliphatic hydroxyl groups excluding tert-OH is 5. The van der Waals surface area contributed by atoms with Crippen LogP contribution in [0.1, 0.15) is 290 Å². The highest BCUT2D eigenvalue weighted by Gasteiger charge is 2.44. The van der Waals surface area contributed by atoms with Gasteiger partial charge >= 0.3 is 0 Å². The molecule has 0 spiro atoms. The van der Waals surface area contributed by atoms with Crippen LogP contribution >= 0.6 is 0 Å². The summed E-state index contributed by atoms with van der Waals surface area (Å²) >= 11 is 0. The molecular formula is C67H121NO8. The van der Waals surface area contributed by atoms with E-state index in [4.69, 9.17) is 9.47 Å². The number of amides is 1. The maximum atomic E-state index is 13.1. The molecule has 1 aliphatic heterocycles. The average Bonchev–Trinajstić information content (AvgIpc) is 3.42. The molecule has 1 fully saturated rings. The Morgan fingerprint density at radius 1 is 0.461 bits per heavy atom. The molecule has 7 unspecified atom stereocenters. The molecule has 442 valence electrons. The normalized spacial score (nSPS) is 19.3. The summed E-state index contributed by atoms with van der Waals surface area (Å²) in [5, 5.41) is 54.6. The van der Waals surface area contributed by atoms with Gasteiger partial charge < -0.3 is 40.3 Å². The highest BCUT2D eigenvalue weighted by atomic mass is 16.7. The molecule has 0 saturated carbocycles. The van der Waals surface area contributed by atoms with E-state index in [0.29, 0.717) is 12.8 Å². The smallest absolute Gasteiger partial charge is 0.220 e. The Morgan fingerprint density at radius 3 is 1.21 bits per heavy atom. The Balaban J connectivity index is 2.01. The number of hydrogen-bond donors (Lipinski definition) is 6. The van der Waals surface area contributed by atoms with Crippen molar-refractivity contribution in [2.24, 2.45) is 0 Å². The van der Waals surface area contributed by atoms with E-state index in [-0.39, 0.29) is 12.5 Å². The van der Waals surface area contributed by atoms with Gasteiger partial charge in [-0.1, -0.05) is 292 Å². The van der Waals surface area contributed by atoms with Crippen LogP contribution in [0.3, 0.4) is 0 Å². The maximum Gasteiger partial charge on any atom is 0.220 e. The number of nitrogens with one attached hydrogen (secondary N) is 1. The van der Waals surface area contributed by atoms with E-state index in [9.17, 15) is 30.3 Å². The summed E-state index contributed by atoms with van der Waals surface area (Å²) in [6, 6.07) is -0.718. The van der Waals surface area contributed by atoms with Crippen LogP contribution in [0.4, 0.5) is 0 Å². The number of unbranched alkanes of at least 4 members (excludes halogenated alkanes) is 33. The van der Waals surface area contributed by atoms with Gasteiger partial charge in [-0.05, 0) is 64.2 Å². The van der Waals surface area contributed by atoms with Crippen LogP contribution in [0.5, 0.6) is 0 Å². The van der Waals surface area contributed by atoms with E-state index in [1.807, 2.05) is 0 Å². The molecule has 0 aromatic heterocycles. The third-order valence-corrected chi connectivity index (χ3v) is 15.1. The zero-order valence-corrected chi connectivity index (χ0v) is 49.3. The molecule has 76 heavy (non-hydrogen) atoms. The molecule has 1 aliphatic rings. The van der Waals surface area contributed by atoms with Crippen molar-refractivity contribution in [3.63, 3.8) is 0 Å². The van der Waals surface area contributed by atoms with Crippen LogP contribution in [0, 0.1) is 0 Å². The molecular weight excluding hydrogens is 947 g/mol. The third-order valence-electron chi connectivity index (χ3n) is 15.1. The first-order chi connectivity index (χ1) is 37.3. The van der Waals surface area contributed by atoms with Crippen molar-refractivity contribution in [1.82, 2.24) is 5.32 Å². The van der Waals surface area contributed by atoms with Crippen LogP contribution in [0.25, 0.3) is 0 Å². The maximum absolute atomic E-state index is 13.1. The minimum Gasteiger partial charge on any atom is -0.394 e. The molecule has 0 aromatic rings. The first kappa shape index (κ1) is 71.6. The lowest BCUT2D eigenvalue weighted by Gasteiger charge is -2.40. The second-order valence-electron chi connectivity index (χ2n) is 22.2. The van der Waals surface area contributed by atoms with Crippen LogP contribution in [-0.4, -0.2) is 87.5 Å². The van der Waals surface area contributed by atoms with Crippen molar-refractivity contribution in [2.45, 2.75) is 333 Å². The Labute approximate surface area is 468 Å². The van der Waals surface area contributed by atoms with Gasteiger partial charge in [0.2, 0.25) is 5.91 Å². The first-order valence-electron chi connectivity index (χ1n) is 32.1. The molecule has 1 heterocycles. The number of rotatable bonds is 55. The van der Waals surface area contributed by atoms with Gasteiger partial charge in [-0.25, -0.2) is 0 Å². The van der Waals surface area contributed by atoms with Gasteiger partial charge in [0.25, 0.3) is 0 Å². The monoisotopic (exact) mass is 1070 g/mol. The van der Waals surface area contributed by atoms with Gasteiger partial charge in [0.15, 0.2) is 6.29 Å². The summed E-state index contributed by atoms with van der Waals surface area (Å²) in [4.78, 5) is 13.1. The molecule has 0 aromatic carbocycles. The minimum atomic E-state index is -1.55. The van der Waals surface area contributed by atoms with Crippen LogP contribution in [0.15, 0.2) is 72.9 Å². The molecule has 0 bridgehead atoms. The Kier molecular flexibility index (Phi) is 52.7. The first-order valence-corrected chi connectivity index (χ1v) is 32.1. The summed E-state index contributed by atoms with van der Waals surface area (Å²) in [5.74, 6) is -0.142. The molecule has 1 rings (SSSR count). The predicted octanol–water partition coefficient (Wildman–Crippen LogP) is 16.8. The molecule has 1 saturated heterocycles. The summed E-state index contributed by atoms with van der Waals surface area (Å²) in [5.41, 5.74) is 0. The molecule has 1 amide bonds. The SMILES string of the molecule is CC/C=C\C/C=C\C/C=C\C/C=C\C/C=C\C/C=C\CCCCCCCCCCCCCCCCCCCCCCCCC(=O)NC(COC1OC(CO)C(O)C(O)C1O)C(O)CCCCCCCCCCCCCC. The quantitative estimate of drug-likeness (QED) is 0.0261. The molecule has 9 heteroatoms. The zero-order chi connectivity index (χ0) is 55.0. The van der Waals surface area contributed by atoms with Gasteiger partial charge in [0, 0.05) is 6.42 Å². The van der Waals surface area contributed by atoms with Crippen molar-refractivity contribution >= 4 is 5.91 Å². The fraction of sp³-hybridized carbons (Fsp3) is 0.806. The fourth-order valence-electron chi connectivity index (χ4n) is 10.1. The van der Waals surface area contributed by atoms with Crippen molar-refractivity contribution < 1.29 is 39.8 Å². The third kappa shape index (κ3) is 44.5. The fourth-order valence-corrected chi connectivity index (χ4v) is 10.1. The Morgan fingerprint density at radius 2 is 0.816 bits per heavy atom. The van der Waals surface area contributed by atoms with Crippen LogP contribution in [-0.2, 0) is 14.3 Å². The van der Waals surface area contributed by atoms with Crippen molar-refractivity contribution in [2.75, 3.05) is 13.2 Å². The van der Waals surface area contributed by atoms with Crippen molar-refractivity contribution in [3.8, 4) is 0 Å². The molecule has 0 radical (unpaired) electrons. The summed E-state index contributed by atoms with van der Waals surface area (Å²) in [6.45, 7) is 3.73. The number of aliphatic hydroxyl groups is 5. The van der Waals surface area contributed by atoms with Gasteiger partial charge in [-0.2, -0.15) is 0 Å². The molecule has 0 aliphatic carbocycles. The molecule has 6 N–H and O–H groups in total. The number of carbonyl (C=O) groups is 1. The highest BCUT2D eigenvalue weighted by molar-refractivity contribution is 5.76. The van der Waals surface area contributed by atoms with Crippen molar-refractivity contribution in [1.29, 1.82) is 0 Å². The van der Waals surface area contributed by atoms with E-state index < -0.39 is 49.5 Å². The van der Waals surface area contributed by atoms with Gasteiger partial charge in [0.1, 0.15) is 24.4 Å². The second kappa shape index (κ2) is 55.9. The van der Waals surface area contributed by atoms with E-state index in [1.165, 1.54) is 186 Å². The lowest BCUT2D eigenvalue weighted by molar-refractivity contribution is -0.302. The number of allylic oxidation sites excluding steroid dienone is 12. The zero-order valence-electron chi connectivity index (χ0n) is 49.3. The van der Waals surface area contributed by atoms with E-state index in [2.05, 4.69) is 92.1 Å². The summed E-state index contributed by atoms with van der Waals surface area (Å²) in [6.07, 6.45) is 71.2. The van der Waals surface area contributed by atoms with E-state index >= 15 is 0 Å². The second-order valence-corrected chi connectivity index (χ2v) is 22.2. The van der Waals surface area contributed by atoms with Gasteiger partial charge in [0.05, 0.1) is 25.4 Å². The standard InChI is InChI=1S/C67H121NO8/c1-3-5-7-9-11-13-15-17-18-19-20-21-22-23-24-25-26-27-28-29-30-31-32-33-34-35-36-37-38-39-40-41-42-43-44-45-47-49-51-53-55-57-63(71)68-60(59-75-67-66(74)65(73)64(72)62(58-69)76-67)61(70)56-54-52-50-48-46-16-14-12-10-8-6-4-2/h5,7,11,13,17-18,20-21,23-24,26-27,60-62,64-67,69-70,72-74H,3-4,6,8-10,12,14-16,19,22,25,28-59H2,1-2H3,(H,68,71)/b7-5-,13-11-,18-17-,21-20-,24-23-,27-26-. The largest absolute Gasteiger partial charge is 0.394 e. The summed E-state index contributed by atoms with van der Waals surface area (Å²) in [7, 11) is 0. The van der Waals surface area contributed by atoms with Crippen LogP contribution < -0.4 is 5.32 Å². The average molecular weight is 1070 g/mol. The minimum absolute atomic E-state index is 0.136. The van der Waals surface area contributed by atoms with E-state index in [1.54, 1.807) is 0 Å². The lowest BCUT2D eigenvalue weighted by atomic mass is 9.99. The molecule has 9 nitrogen and oxygen atoms in total. The molecule has 7 atom stereocenters. The topological polar surface area (TPSA) is 149 Å². The Bertz CT molecular complexity index is 1420. The predicted molar refractivity (Wildman–Crippen MR) is 322 cm³/mol.